The van der Waals surface area contributed by atoms with Gasteiger partial charge >= 0.3 is 0 Å². The van der Waals surface area contributed by atoms with Crippen LogP contribution in [0.1, 0.15) is 18.5 Å². The molecule has 0 saturated heterocycles. The minimum atomic E-state index is -0.294. The Morgan fingerprint density at radius 1 is 1.25 bits per heavy atom. The van der Waals surface area contributed by atoms with E-state index in [4.69, 9.17) is 0 Å². The number of anilines is 1. The number of halogens is 1. The summed E-state index contributed by atoms with van der Waals surface area (Å²) in [6.07, 6.45) is 2.92. The molecule has 1 heterocycles. The Kier molecular flexibility index (Phi) is 5.07. The van der Waals surface area contributed by atoms with Crippen molar-refractivity contribution >= 4 is 5.69 Å². The second-order valence-electron chi connectivity index (χ2n) is 4.87. The van der Waals surface area contributed by atoms with Crippen LogP contribution in [0, 0.1) is 5.82 Å². The van der Waals surface area contributed by atoms with Gasteiger partial charge in [-0.3, -0.25) is 4.98 Å². The van der Waals surface area contributed by atoms with Gasteiger partial charge in [-0.2, -0.15) is 0 Å². The lowest BCUT2D eigenvalue weighted by Crippen LogP contribution is -2.30. The quantitative estimate of drug-likeness (QED) is 0.877. The molecular formula is C16H20FN3. The molecule has 0 amide bonds. The summed E-state index contributed by atoms with van der Waals surface area (Å²) in [5.41, 5.74) is 2.06. The molecule has 1 unspecified atom stereocenters. The molecule has 3 nitrogen and oxygen atoms in total. The molecule has 106 valence electrons. The molecule has 1 atom stereocenters. The topological polar surface area (TPSA) is 28.2 Å². The van der Waals surface area contributed by atoms with Crippen molar-refractivity contribution in [2.45, 2.75) is 13.0 Å². The maximum atomic E-state index is 13.1. The lowest BCUT2D eigenvalue weighted by molar-refractivity contribution is 0.563. The van der Waals surface area contributed by atoms with E-state index in [0.29, 0.717) is 0 Å². The summed E-state index contributed by atoms with van der Waals surface area (Å²) in [4.78, 5) is 6.05. The summed E-state index contributed by atoms with van der Waals surface area (Å²) in [5, 5.41) is 3.38. The molecule has 2 aromatic rings. The molecule has 0 aliphatic heterocycles. The summed E-state index contributed by atoms with van der Waals surface area (Å²) < 4.78 is 13.1. The van der Waals surface area contributed by atoms with Gasteiger partial charge in [0.05, 0.1) is 6.20 Å². The summed E-state index contributed by atoms with van der Waals surface area (Å²) >= 11 is 0. The van der Waals surface area contributed by atoms with Crippen LogP contribution in [0.5, 0.6) is 0 Å². The van der Waals surface area contributed by atoms with Gasteiger partial charge in [0.15, 0.2) is 0 Å². The number of hydrogen-bond acceptors (Lipinski definition) is 3. The maximum absolute atomic E-state index is 13.1. The van der Waals surface area contributed by atoms with Crippen LogP contribution in [0.3, 0.4) is 0 Å². The van der Waals surface area contributed by atoms with Crippen LogP contribution in [0.25, 0.3) is 0 Å². The van der Waals surface area contributed by atoms with Crippen molar-refractivity contribution in [1.82, 2.24) is 10.3 Å². The fourth-order valence-corrected chi connectivity index (χ4v) is 2.04. The monoisotopic (exact) mass is 273 g/mol. The Bertz CT molecular complexity index is 530. The third kappa shape index (κ3) is 4.03. The van der Waals surface area contributed by atoms with E-state index in [-0.39, 0.29) is 11.9 Å². The molecule has 4 heteroatoms. The first-order valence-corrected chi connectivity index (χ1v) is 6.77. The smallest absolute Gasteiger partial charge is 0.141 e. The Hall–Kier alpha value is -1.94. The first-order chi connectivity index (χ1) is 9.66. The molecule has 1 aromatic heterocycles. The van der Waals surface area contributed by atoms with Crippen LogP contribution in [0.2, 0.25) is 0 Å². The fourth-order valence-electron chi connectivity index (χ4n) is 2.04. The van der Waals surface area contributed by atoms with Gasteiger partial charge in [0.25, 0.3) is 0 Å². The van der Waals surface area contributed by atoms with Gasteiger partial charge in [-0.15, -0.1) is 0 Å². The highest BCUT2D eigenvalue weighted by atomic mass is 19.1. The van der Waals surface area contributed by atoms with Crippen molar-refractivity contribution in [3.63, 3.8) is 0 Å². The lowest BCUT2D eigenvalue weighted by atomic mass is 10.1. The molecule has 2 rings (SSSR count). The zero-order valence-electron chi connectivity index (χ0n) is 11.9. The van der Waals surface area contributed by atoms with Crippen LogP contribution in [0.15, 0.2) is 48.8 Å². The molecule has 0 spiro atoms. The number of rotatable bonds is 6. The molecule has 0 aliphatic rings. The maximum Gasteiger partial charge on any atom is 0.141 e. The number of nitrogens with zero attached hydrogens (tertiary/aromatic N) is 2. The summed E-state index contributed by atoms with van der Waals surface area (Å²) in [6, 6.07) is 11.8. The normalized spacial score (nSPS) is 12.2. The van der Waals surface area contributed by atoms with E-state index in [1.807, 2.05) is 25.1 Å². The molecule has 20 heavy (non-hydrogen) atoms. The minimum absolute atomic E-state index is 0.0855. The van der Waals surface area contributed by atoms with Gasteiger partial charge in [-0.05, 0) is 30.7 Å². The largest absolute Gasteiger partial charge is 0.373 e. The predicted molar refractivity (Wildman–Crippen MR) is 80.3 cm³/mol. The molecule has 1 N–H and O–H groups in total. The van der Waals surface area contributed by atoms with E-state index >= 15 is 0 Å². The number of pyridine rings is 1. The highest BCUT2D eigenvalue weighted by Gasteiger charge is 2.06. The van der Waals surface area contributed by atoms with Gasteiger partial charge in [0.1, 0.15) is 5.82 Å². The number of aromatic nitrogens is 1. The van der Waals surface area contributed by atoms with E-state index in [0.717, 1.165) is 18.7 Å². The van der Waals surface area contributed by atoms with Crippen LogP contribution in [-0.4, -0.2) is 25.1 Å². The van der Waals surface area contributed by atoms with Crippen LogP contribution in [0.4, 0.5) is 10.1 Å². The predicted octanol–water partition coefficient (Wildman–Crippen LogP) is 3.01. The van der Waals surface area contributed by atoms with Crippen molar-refractivity contribution in [1.29, 1.82) is 0 Å². The van der Waals surface area contributed by atoms with E-state index in [1.165, 1.54) is 18.0 Å². The van der Waals surface area contributed by atoms with E-state index in [1.54, 1.807) is 6.20 Å². The molecule has 1 aromatic carbocycles. The molecule has 0 aliphatic carbocycles. The molecular weight excluding hydrogens is 253 g/mol. The first kappa shape index (κ1) is 14.5. The highest BCUT2D eigenvalue weighted by molar-refractivity contribution is 5.44. The van der Waals surface area contributed by atoms with E-state index in [9.17, 15) is 4.39 Å². The Morgan fingerprint density at radius 2 is 2.00 bits per heavy atom. The second kappa shape index (κ2) is 7.01. The van der Waals surface area contributed by atoms with Gasteiger partial charge in [-0.25, -0.2) is 4.39 Å². The van der Waals surface area contributed by atoms with Gasteiger partial charge in [0, 0.05) is 38.1 Å². The zero-order valence-corrected chi connectivity index (χ0v) is 11.9. The lowest BCUT2D eigenvalue weighted by Gasteiger charge is -2.21. The number of para-hydroxylation sites is 1. The van der Waals surface area contributed by atoms with Crippen molar-refractivity contribution in [2.24, 2.45) is 0 Å². The molecule has 0 fully saturated rings. The van der Waals surface area contributed by atoms with Crippen LogP contribution >= 0.6 is 0 Å². The summed E-state index contributed by atoms with van der Waals surface area (Å²) in [6.45, 7) is 3.72. The van der Waals surface area contributed by atoms with E-state index in [2.05, 4.69) is 34.4 Å². The fraction of sp³-hybridized carbons (Fsp3) is 0.312. The molecule has 0 bridgehead atoms. The van der Waals surface area contributed by atoms with Crippen molar-refractivity contribution in [2.75, 3.05) is 25.0 Å². The highest BCUT2D eigenvalue weighted by Crippen LogP contribution is 2.12. The number of benzene rings is 1. The Labute approximate surface area is 119 Å². The van der Waals surface area contributed by atoms with Crippen LogP contribution in [-0.2, 0) is 0 Å². The summed E-state index contributed by atoms with van der Waals surface area (Å²) in [5.74, 6) is -0.294. The third-order valence-electron chi connectivity index (χ3n) is 3.32. The zero-order chi connectivity index (χ0) is 14.4. The minimum Gasteiger partial charge on any atom is -0.373 e. The average molecular weight is 273 g/mol. The van der Waals surface area contributed by atoms with Crippen molar-refractivity contribution in [3.05, 3.63) is 60.2 Å². The standard InChI is InChI=1S/C16H20FN3/c1-13(14-10-15(17)12-18-11-14)19-8-9-20(2)16-6-4-3-5-7-16/h3-7,10-13,19H,8-9H2,1-2H3. The Balaban J connectivity index is 1.81. The number of nitrogens with one attached hydrogen (secondary N) is 1. The first-order valence-electron chi connectivity index (χ1n) is 6.77. The van der Waals surface area contributed by atoms with Crippen molar-refractivity contribution < 1.29 is 4.39 Å². The SMILES string of the molecule is CC(NCCN(C)c1ccccc1)c1cncc(F)c1. The molecule has 0 radical (unpaired) electrons. The van der Waals surface area contributed by atoms with E-state index < -0.39 is 0 Å². The number of likely N-dealkylation sites (N-methyl/N-ethyl adjacent to an activating group) is 1. The average Bonchev–Trinajstić information content (AvgIpc) is 2.48. The number of hydrogen-bond donors (Lipinski definition) is 1. The van der Waals surface area contributed by atoms with Gasteiger partial charge < -0.3 is 10.2 Å². The summed E-state index contributed by atoms with van der Waals surface area (Å²) in [7, 11) is 2.06. The Morgan fingerprint density at radius 3 is 2.70 bits per heavy atom. The third-order valence-corrected chi connectivity index (χ3v) is 3.32. The van der Waals surface area contributed by atoms with Crippen molar-refractivity contribution in [3.8, 4) is 0 Å². The molecule has 0 saturated carbocycles. The van der Waals surface area contributed by atoms with Gasteiger partial charge in [-0.1, -0.05) is 18.2 Å². The van der Waals surface area contributed by atoms with Crippen LogP contribution < -0.4 is 10.2 Å². The van der Waals surface area contributed by atoms with Gasteiger partial charge in [0.2, 0.25) is 0 Å². The second-order valence-corrected chi connectivity index (χ2v) is 4.87.